The van der Waals surface area contributed by atoms with Crippen molar-refractivity contribution in [2.24, 2.45) is 0 Å². The Bertz CT molecular complexity index is 119. The first kappa shape index (κ1) is 6.70. The molecule has 1 aliphatic rings. The van der Waals surface area contributed by atoms with Gasteiger partial charge in [-0.1, -0.05) is 12.8 Å². The van der Waals surface area contributed by atoms with Gasteiger partial charge in [0.25, 0.3) is 0 Å². The summed E-state index contributed by atoms with van der Waals surface area (Å²) in [6.07, 6.45) is -0.404. The summed E-state index contributed by atoms with van der Waals surface area (Å²) in [4.78, 5) is 10.3. The van der Waals surface area contributed by atoms with Crippen LogP contribution in [0.5, 0.6) is 0 Å². The van der Waals surface area contributed by atoms with Gasteiger partial charge in [-0.25, -0.2) is 4.79 Å². The number of amides is 1. The molecule has 2 N–H and O–H groups in total. The van der Waals surface area contributed by atoms with Gasteiger partial charge in [-0.15, -0.1) is 0 Å². The summed E-state index contributed by atoms with van der Waals surface area (Å²) in [6, 6.07) is 0. The van der Waals surface area contributed by atoms with E-state index < -0.39 is 0 Å². The molecule has 0 aromatic rings. The molecule has 1 rings (SSSR count). The number of carbonyl (C=O) groups excluding carboxylic acids is 1. The SMILES string of the molecule is O=C1NC[C@@H](CNS)O1. The number of hydrogen-bond acceptors (Lipinski definition) is 4. The Kier molecular flexibility index (Phi) is 2.18. The topological polar surface area (TPSA) is 50.4 Å². The molecule has 0 radical (unpaired) electrons. The van der Waals surface area contributed by atoms with Crippen LogP contribution in [0.4, 0.5) is 4.79 Å². The van der Waals surface area contributed by atoms with Gasteiger partial charge in [0, 0.05) is 6.54 Å². The third-order valence-electron chi connectivity index (χ3n) is 1.07. The van der Waals surface area contributed by atoms with Crippen molar-refractivity contribution in [1.82, 2.24) is 10.0 Å². The molecule has 0 aromatic heterocycles. The molecule has 0 spiro atoms. The van der Waals surface area contributed by atoms with Gasteiger partial charge in [-0.05, 0) is 0 Å². The predicted molar refractivity (Wildman–Crippen MR) is 35.3 cm³/mol. The van der Waals surface area contributed by atoms with E-state index >= 15 is 0 Å². The molecule has 0 aliphatic carbocycles. The number of carbonyl (C=O) groups is 1. The van der Waals surface area contributed by atoms with Crippen molar-refractivity contribution in [3.05, 3.63) is 0 Å². The molecule has 1 aliphatic heterocycles. The Morgan fingerprint density at radius 2 is 2.78 bits per heavy atom. The summed E-state index contributed by atoms with van der Waals surface area (Å²) in [6.45, 7) is 1.16. The lowest BCUT2D eigenvalue weighted by Gasteiger charge is -2.03. The molecule has 9 heavy (non-hydrogen) atoms. The highest BCUT2D eigenvalue weighted by atomic mass is 32.1. The Morgan fingerprint density at radius 3 is 3.22 bits per heavy atom. The Morgan fingerprint density at radius 1 is 2.00 bits per heavy atom. The lowest BCUT2D eigenvalue weighted by atomic mass is 10.4. The highest BCUT2D eigenvalue weighted by Gasteiger charge is 2.20. The first-order valence-corrected chi connectivity index (χ1v) is 3.09. The van der Waals surface area contributed by atoms with Crippen LogP contribution in [-0.2, 0) is 4.74 Å². The number of cyclic esters (lactones) is 1. The Labute approximate surface area is 58.5 Å². The van der Waals surface area contributed by atoms with Crippen LogP contribution in [0, 0.1) is 0 Å². The molecular weight excluding hydrogens is 140 g/mol. The highest BCUT2D eigenvalue weighted by molar-refractivity contribution is 7.78. The molecule has 1 fully saturated rings. The third kappa shape index (κ3) is 1.76. The number of alkyl carbamates (subject to hydrolysis) is 1. The van der Waals surface area contributed by atoms with Gasteiger partial charge in [0.05, 0.1) is 6.54 Å². The first-order chi connectivity index (χ1) is 4.33. The van der Waals surface area contributed by atoms with Crippen LogP contribution < -0.4 is 10.0 Å². The second kappa shape index (κ2) is 2.93. The Hall–Kier alpha value is -0.420. The highest BCUT2D eigenvalue weighted by Crippen LogP contribution is 1.97. The second-order valence-corrected chi connectivity index (χ2v) is 2.09. The zero-order chi connectivity index (χ0) is 6.69. The average Bonchev–Trinajstić information content (AvgIpc) is 2.17. The molecule has 0 unspecified atom stereocenters. The number of thiol groups is 1. The Balaban J connectivity index is 2.22. The quantitative estimate of drug-likeness (QED) is 0.464. The molecule has 0 bridgehead atoms. The fourth-order valence-corrected chi connectivity index (χ4v) is 0.851. The molecule has 1 heterocycles. The fraction of sp³-hybridized carbons (Fsp3) is 0.750. The largest absolute Gasteiger partial charge is 0.443 e. The van der Waals surface area contributed by atoms with Crippen LogP contribution in [0.25, 0.3) is 0 Å². The van der Waals surface area contributed by atoms with E-state index in [9.17, 15) is 4.79 Å². The minimum atomic E-state index is -0.344. The van der Waals surface area contributed by atoms with Crippen molar-refractivity contribution < 1.29 is 9.53 Å². The van der Waals surface area contributed by atoms with Crippen LogP contribution >= 0.6 is 12.8 Å². The van der Waals surface area contributed by atoms with E-state index in [1.54, 1.807) is 0 Å². The fourth-order valence-electron chi connectivity index (χ4n) is 0.648. The predicted octanol–water partition coefficient (Wildman–Crippen LogP) is -0.471. The third-order valence-corrected chi connectivity index (χ3v) is 1.25. The van der Waals surface area contributed by atoms with Gasteiger partial charge in [0.15, 0.2) is 0 Å². The molecule has 1 atom stereocenters. The molecule has 0 saturated carbocycles. The van der Waals surface area contributed by atoms with Gasteiger partial charge in [0.2, 0.25) is 0 Å². The molecule has 1 saturated heterocycles. The van der Waals surface area contributed by atoms with Crippen molar-refractivity contribution in [2.45, 2.75) is 6.10 Å². The van der Waals surface area contributed by atoms with Gasteiger partial charge < -0.3 is 10.1 Å². The van der Waals surface area contributed by atoms with Gasteiger partial charge in [-0.2, -0.15) is 0 Å². The lowest BCUT2D eigenvalue weighted by molar-refractivity contribution is 0.142. The number of rotatable bonds is 2. The van der Waals surface area contributed by atoms with Crippen molar-refractivity contribution in [3.63, 3.8) is 0 Å². The summed E-state index contributed by atoms with van der Waals surface area (Å²) >= 11 is 3.76. The van der Waals surface area contributed by atoms with Crippen LogP contribution in [0.1, 0.15) is 0 Å². The van der Waals surface area contributed by atoms with Crippen LogP contribution in [0.2, 0.25) is 0 Å². The van der Waals surface area contributed by atoms with E-state index in [4.69, 9.17) is 4.74 Å². The number of hydrogen-bond donors (Lipinski definition) is 3. The van der Waals surface area contributed by atoms with E-state index in [1.165, 1.54) is 0 Å². The van der Waals surface area contributed by atoms with E-state index in [0.717, 1.165) is 0 Å². The normalized spacial score (nSPS) is 25.4. The second-order valence-electron chi connectivity index (χ2n) is 1.77. The van der Waals surface area contributed by atoms with E-state index in [2.05, 4.69) is 22.9 Å². The van der Waals surface area contributed by atoms with Crippen LogP contribution in [0.15, 0.2) is 0 Å². The zero-order valence-electron chi connectivity index (χ0n) is 4.76. The molecule has 5 heteroatoms. The average molecular weight is 148 g/mol. The summed E-state index contributed by atoms with van der Waals surface area (Å²) in [5.74, 6) is 0. The van der Waals surface area contributed by atoms with E-state index in [1.807, 2.05) is 0 Å². The number of nitrogens with one attached hydrogen (secondary N) is 2. The summed E-state index contributed by atoms with van der Waals surface area (Å²) in [5, 5.41) is 2.52. The molecular formula is C4H8N2O2S. The smallest absolute Gasteiger partial charge is 0.407 e. The maximum absolute atomic E-state index is 10.3. The van der Waals surface area contributed by atoms with Crippen molar-refractivity contribution in [3.8, 4) is 0 Å². The lowest BCUT2D eigenvalue weighted by Crippen LogP contribution is -2.24. The van der Waals surface area contributed by atoms with Crippen molar-refractivity contribution in [2.75, 3.05) is 13.1 Å². The molecule has 0 aromatic carbocycles. The summed E-state index contributed by atoms with van der Waals surface area (Å²) in [5.41, 5.74) is 0. The minimum Gasteiger partial charge on any atom is -0.443 e. The van der Waals surface area contributed by atoms with Gasteiger partial charge in [-0.3, -0.25) is 4.72 Å². The van der Waals surface area contributed by atoms with Gasteiger partial charge in [0.1, 0.15) is 6.10 Å². The van der Waals surface area contributed by atoms with Crippen LogP contribution in [-0.4, -0.2) is 25.3 Å². The maximum atomic E-state index is 10.3. The molecule has 1 amide bonds. The van der Waals surface area contributed by atoms with Crippen molar-refractivity contribution in [1.29, 1.82) is 0 Å². The number of ether oxygens (including phenoxy) is 1. The van der Waals surface area contributed by atoms with Gasteiger partial charge >= 0.3 is 6.09 Å². The maximum Gasteiger partial charge on any atom is 0.407 e. The van der Waals surface area contributed by atoms with Crippen molar-refractivity contribution >= 4 is 18.9 Å². The summed E-state index contributed by atoms with van der Waals surface area (Å²) in [7, 11) is 0. The minimum absolute atomic E-state index is 0.0602. The van der Waals surface area contributed by atoms with E-state index in [0.29, 0.717) is 13.1 Å². The molecule has 52 valence electrons. The molecule has 4 nitrogen and oxygen atoms in total. The monoisotopic (exact) mass is 148 g/mol. The first-order valence-electron chi connectivity index (χ1n) is 2.64. The zero-order valence-corrected chi connectivity index (χ0v) is 5.65. The standard InChI is InChI=1S/C4H8N2O2S/c7-4-5-1-3(8-4)2-6-9/h3,6,9H,1-2H2,(H,5,7)/t3-/m0/s1. The summed E-state index contributed by atoms with van der Waals surface area (Å²) < 4.78 is 7.35. The van der Waals surface area contributed by atoms with E-state index in [-0.39, 0.29) is 12.2 Å². The van der Waals surface area contributed by atoms with Crippen LogP contribution in [0.3, 0.4) is 0 Å².